The van der Waals surface area contributed by atoms with Gasteiger partial charge in [0.05, 0.1) is 5.69 Å². The fourth-order valence-corrected chi connectivity index (χ4v) is 2.71. The Morgan fingerprint density at radius 1 is 1.24 bits per heavy atom. The Morgan fingerprint density at radius 2 is 1.90 bits per heavy atom. The highest BCUT2D eigenvalue weighted by atomic mass is 19.1. The Labute approximate surface area is 121 Å². The van der Waals surface area contributed by atoms with Crippen LogP contribution in [0, 0.1) is 6.08 Å². The highest BCUT2D eigenvalue weighted by Crippen LogP contribution is 2.26. The minimum Gasteiger partial charge on any atom is -0.465 e. The van der Waals surface area contributed by atoms with E-state index >= 15 is 0 Å². The monoisotopic (exact) mass is 289 g/mol. The van der Waals surface area contributed by atoms with Crippen LogP contribution in [0.3, 0.4) is 0 Å². The normalized spacial score (nSPS) is 16.1. The van der Waals surface area contributed by atoms with E-state index in [0.29, 0.717) is 31.6 Å². The van der Waals surface area contributed by atoms with Gasteiger partial charge in [0, 0.05) is 30.9 Å². The van der Waals surface area contributed by atoms with Crippen LogP contribution in [0.5, 0.6) is 0 Å². The third-order valence-corrected chi connectivity index (χ3v) is 3.89. The summed E-state index contributed by atoms with van der Waals surface area (Å²) in [7, 11) is 0. The molecule has 0 unspecified atom stereocenters. The SMILES string of the molecule is O=C(O)N1CCC(n2cc(-c3ccccc3)nc2F)CC1. The molecule has 2 heterocycles. The molecule has 1 saturated heterocycles. The Balaban J connectivity index is 1.78. The first-order chi connectivity index (χ1) is 10.1. The first-order valence-corrected chi connectivity index (χ1v) is 6.93. The third-order valence-electron chi connectivity index (χ3n) is 3.89. The molecule has 1 fully saturated rings. The van der Waals surface area contributed by atoms with E-state index in [1.807, 2.05) is 30.3 Å². The molecule has 5 nitrogen and oxygen atoms in total. The van der Waals surface area contributed by atoms with Crippen LogP contribution in [-0.4, -0.2) is 38.7 Å². The summed E-state index contributed by atoms with van der Waals surface area (Å²) in [6.45, 7) is 0.858. The largest absolute Gasteiger partial charge is 0.465 e. The van der Waals surface area contributed by atoms with Gasteiger partial charge in [0.2, 0.25) is 0 Å². The second-order valence-electron chi connectivity index (χ2n) is 5.17. The van der Waals surface area contributed by atoms with Gasteiger partial charge < -0.3 is 14.6 Å². The number of imidazole rings is 1. The van der Waals surface area contributed by atoms with Gasteiger partial charge in [-0.2, -0.15) is 4.39 Å². The van der Waals surface area contributed by atoms with Crippen LogP contribution in [-0.2, 0) is 0 Å². The second kappa shape index (κ2) is 5.55. The lowest BCUT2D eigenvalue weighted by molar-refractivity contribution is 0.124. The van der Waals surface area contributed by atoms with E-state index in [2.05, 4.69) is 4.98 Å². The van der Waals surface area contributed by atoms with E-state index in [0.717, 1.165) is 5.56 Å². The number of aromatic nitrogens is 2. The zero-order chi connectivity index (χ0) is 14.8. The Bertz CT molecular complexity index is 634. The van der Waals surface area contributed by atoms with E-state index in [-0.39, 0.29) is 6.04 Å². The molecule has 1 aromatic heterocycles. The van der Waals surface area contributed by atoms with Crippen molar-refractivity contribution < 1.29 is 14.3 Å². The van der Waals surface area contributed by atoms with Gasteiger partial charge in [-0.1, -0.05) is 30.3 Å². The summed E-state index contributed by atoms with van der Waals surface area (Å²) in [5, 5.41) is 8.94. The fourth-order valence-electron chi connectivity index (χ4n) is 2.71. The summed E-state index contributed by atoms with van der Waals surface area (Å²) >= 11 is 0. The maximum Gasteiger partial charge on any atom is 0.407 e. The number of carboxylic acid groups (broad SMARTS) is 1. The van der Waals surface area contributed by atoms with Gasteiger partial charge in [0.25, 0.3) is 6.08 Å². The van der Waals surface area contributed by atoms with E-state index in [1.54, 1.807) is 6.20 Å². The fraction of sp³-hybridized carbons (Fsp3) is 0.333. The molecular weight excluding hydrogens is 273 g/mol. The number of likely N-dealkylation sites (tertiary alicyclic amines) is 1. The molecule has 0 aliphatic carbocycles. The van der Waals surface area contributed by atoms with E-state index in [1.165, 1.54) is 9.47 Å². The van der Waals surface area contributed by atoms with Crippen LogP contribution in [0.2, 0.25) is 0 Å². The number of carbonyl (C=O) groups is 1. The molecule has 0 spiro atoms. The number of rotatable bonds is 2. The molecule has 1 aromatic carbocycles. The van der Waals surface area contributed by atoms with Gasteiger partial charge in [0.15, 0.2) is 0 Å². The Hall–Kier alpha value is -2.37. The van der Waals surface area contributed by atoms with Crippen molar-refractivity contribution in [2.24, 2.45) is 0 Å². The smallest absolute Gasteiger partial charge is 0.407 e. The van der Waals surface area contributed by atoms with Crippen molar-refractivity contribution in [3.05, 3.63) is 42.6 Å². The average Bonchev–Trinajstić information content (AvgIpc) is 2.90. The van der Waals surface area contributed by atoms with E-state index < -0.39 is 12.2 Å². The minimum absolute atomic E-state index is 0.0365. The molecule has 0 atom stereocenters. The number of piperidine rings is 1. The number of hydrogen-bond donors (Lipinski definition) is 1. The molecule has 1 aliphatic rings. The summed E-state index contributed by atoms with van der Waals surface area (Å²) in [6.07, 6.45) is 1.50. The van der Waals surface area contributed by atoms with Crippen molar-refractivity contribution in [2.45, 2.75) is 18.9 Å². The lowest BCUT2D eigenvalue weighted by atomic mass is 10.1. The van der Waals surface area contributed by atoms with Gasteiger partial charge in [0.1, 0.15) is 0 Å². The van der Waals surface area contributed by atoms with Crippen molar-refractivity contribution in [1.29, 1.82) is 0 Å². The molecule has 6 heteroatoms. The number of hydrogen-bond acceptors (Lipinski definition) is 2. The molecular formula is C15H16FN3O2. The Kier molecular flexibility index (Phi) is 3.60. The minimum atomic E-state index is -0.912. The molecule has 0 bridgehead atoms. The molecule has 0 saturated carbocycles. The number of nitrogens with zero attached hydrogens (tertiary/aromatic N) is 3. The summed E-state index contributed by atoms with van der Waals surface area (Å²) in [5.41, 5.74) is 1.48. The topological polar surface area (TPSA) is 58.4 Å². The average molecular weight is 289 g/mol. The van der Waals surface area contributed by atoms with Gasteiger partial charge in [-0.3, -0.25) is 0 Å². The standard InChI is InChI=1S/C15H16FN3O2/c16-14-17-13(11-4-2-1-3-5-11)10-19(14)12-6-8-18(9-7-12)15(20)21/h1-5,10,12H,6-9H2,(H,20,21). The summed E-state index contributed by atoms with van der Waals surface area (Å²) in [6, 6.07) is 9.41. The van der Waals surface area contributed by atoms with Crippen LogP contribution in [0.4, 0.5) is 9.18 Å². The summed E-state index contributed by atoms with van der Waals surface area (Å²) in [5.74, 6) is 0. The van der Waals surface area contributed by atoms with Gasteiger partial charge in [-0.05, 0) is 12.8 Å². The first kappa shape index (κ1) is 13.6. The lowest BCUT2D eigenvalue weighted by Crippen LogP contribution is -2.38. The molecule has 1 amide bonds. The number of halogens is 1. The van der Waals surface area contributed by atoms with Crippen LogP contribution < -0.4 is 0 Å². The highest BCUT2D eigenvalue weighted by molar-refractivity contribution is 5.65. The maximum absolute atomic E-state index is 14.1. The molecule has 110 valence electrons. The quantitative estimate of drug-likeness (QED) is 0.924. The number of amides is 1. The Morgan fingerprint density at radius 3 is 2.52 bits per heavy atom. The van der Waals surface area contributed by atoms with E-state index in [9.17, 15) is 9.18 Å². The molecule has 1 N–H and O–H groups in total. The molecule has 0 radical (unpaired) electrons. The predicted molar refractivity (Wildman–Crippen MR) is 75.5 cm³/mol. The highest BCUT2D eigenvalue weighted by Gasteiger charge is 2.25. The van der Waals surface area contributed by atoms with Gasteiger partial charge >= 0.3 is 6.09 Å². The molecule has 2 aromatic rings. The van der Waals surface area contributed by atoms with Crippen molar-refractivity contribution in [1.82, 2.24) is 14.5 Å². The van der Waals surface area contributed by atoms with Crippen LogP contribution in [0.25, 0.3) is 11.3 Å². The van der Waals surface area contributed by atoms with E-state index in [4.69, 9.17) is 5.11 Å². The second-order valence-corrected chi connectivity index (χ2v) is 5.17. The zero-order valence-corrected chi connectivity index (χ0v) is 11.4. The zero-order valence-electron chi connectivity index (χ0n) is 11.4. The predicted octanol–water partition coefficient (Wildman–Crippen LogP) is 3.00. The molecule has 3 rings (SSSR count). The van der Waals surface area contributed by atoms with Crippen molar-refractivity contribution in [3.8, 4) is 11.3 Å². The first-order valence-electron chi connectivity index (χ1n) is 6.93. The van der Waals surface area contributed by atoms with Gasteiger partial charge in [-0.15, -0.1) is 0 Å². The van der Waals surface area contributed by atoms with Gasteiger partial charge in [-0.25, -0.2) is 9.78 Å². The lowest BCUT2D eigenvalue weighted by Gasteiger charge is -2.30. The maximum atomic E-state index is 14.1. The number of benzene rings is 1. The third kappa shape index (κ3) is 2.74. The van der Waals surface area contributed by atoms with Crippen LogP contribution >= 0.6 is 0 Å². The molecule has 21 heavy (non-hydrogen) atoms. The van der Waals surface area contributed by atoms with Crippen molar-refractivity contribution >= 4 is 6.09 Å². The van der Waals surface area contributed by atoms with Crippen LogP contribution in [0.15, 0.2) is 36.5 Å². The van der Waals surface area contributed by atoms with Crippen molar-refractivity contribution in [3.63, 3.8) is 0 Å². The van der Waals surface area contributed by atoms with Crippen molar-refractivity contribution in [2.75, 3.05) is 13.1 Å². The summed E-state index contributed by atoms with van der Waals surface area (Å²) in [4.78, 5) is 16.2. The summed E-state index contributed by atoms with van der Waals surface area (Å²) < 4.78 is 15.6. The van der Waals surface area contributed by atoms with Crippen LogP contribution in [0.1, 0.15) is 18.9 Å². The molecule has 1 aliphatic heterocycles.